The maximum atomic E-state index is 14.5. The van der Waals surface area contributed by atoms with Crippen LogP contribution in [0.2, 0.25) is 0 Å². The molecule has 2 nitrogen and oxygen atoms in total. The average Bonchev–Trinajstić information content (AvgIpc) is 3.12. The number of aromatic nitrogens is 1. The lowest BCUT2D eigenvalue weighted by molar-refractivity contribution is 0.396. The zero-order chi connectivity index (χ0) is 17.2. The van der Waals surface area contributed by atoms with Crippen LogP contribution in [0.15, 0.2) is 43.1 Å². The number of pyridine rings is 1. The molecular weight excluding hydrogens is 301 g/mol. The van der Waals surface area contributed by atoms with Crippen molar-refractivity contribution in [3.05, 3.63) is 60.1 Å². The molecule has 24 heavy (non-hydrogen) atoms. The van der Waals surface area contributed by atoms with Crippen molar-refractivity contribution < 1.29 is 9.13 Å². The number of rotatable bonds is 5. The van der Waals surface area contributed by atoms with Crippen LogP contribution in [0.5, 0.6) is 5.88 Å². The molecule has 1 saturated carbocycles. The van der Waals surface area contributed by atoms with Crippen LogP contribution in [-0.4, -0.2) is 12.1 Å². The number of nitrogens with zero attached hydrogens (tertiary/aromatic N) is 1. The Morgan fingerprint density at radius 3 is 2.62 bits per heavy atom. The standard InChI is InChI=1S/C21H24FNO/c1-4-15-8-9-16(17-13-20(24-3)23-14-19(17)22)18(12-15)21(5-2)10-6-7-11-21/h5,8-9,12-14H,2,4,6-7,10-11H2,1,3H3. The van der Waals surface area contributed by atoms with Crippen LogP contribution in [0.3, 0.4) is 0 Å². The first kappa shape index (κ1) is 16.7. The van der Waals surface area contributed by atoms with Crippen LogP contribution in [0.4, 0.5) is 4.39 Å². The van der Waals surface area contributed by atoms with E-state index in [9.17, 15) is 4.39 Å². The number of ether oxygens (including phenoxy) is 1. The van der Waals surface area contributed by atoms with E-state index in [1.807, 2.05) is 6.07 Å². The number of halogens is 1. The van der Waals surface area contributed by atoms with Crippen molar-refractivity contribution in [3.63, 3.8) is 0 Å². The molecule has 1 aromatic heterocycles. The van der Waals surface area contributed by atoms with E-state index in [1.54, 1.807) is 13.2 Å². The van der Waals surface area contributed by atoms with Gasteiger partial charge in [0.15, 0.2) is 0 Å². The molecule has 1 fully saturated rings. The highest BCUT2D eigenvalue weighted by molar-refractivity contribution is 5.71. The molecule has 0 aliphatic heterocycles. The van der Waals surface area contributed by atoms with E-state index in [4.69, 9.17) is 4.74 Å². The number of methoxy groups -OCH3 is 1. The van der Waals surface area contributed by atoms with Crippen molar-refractivity contribution in [1.29, 1.82) is 0 Å². The first-order chi connectivity index (χ1) is 11.6. The number of aryl methyl sites for hydroxylation is 1. The third-order valence-electron chi connectivity index (χ3n) is 5.24. The van der Waals surface area contributed by atoms with Gasteiger partial charge in [-0.25, -0.2) is 9.37 Å². The molecule has 1 aliphatic carbocycles. The summed E-state index contributed by atoms with van der Waals surface area (Å²) in [5, 5.41) is 0. The topological polar surface area (TPSA) is 22.1 Å². The maximum absolute atomic E-state index is 14.5. The number of allylic oxidation sites excluding steroid dienone is 1. The van der Waals surface area contributed by atoms with Crippen molar-refractivity contribution in [2.45, 2.75) is 44.4 Å². The minimum atomic E-state index is -0.321. The molecule has 2 aromatic rings. The van der Waals surface area contributed by atoms with Gasteiger partial charge in [-0.15, -0.1) is 6.58 Å². The minimum absolute atomic E-state index is 0.0660. The van der Waals surface area contributed by atoms with E-state index < -0.39 is 0 Å². The average molecular weight is 325 g/mol. The molecule has 0 amide bonds. The SMILES string of the molecule is C=CC1(c2cc(CC)ccc2-c2cc(OC)ncc2F)CCCC1. The van der Waals surface area contributed by atoms with Gasteiger partial charge in [0, 0.05) is 17.0 Å². The number of hydrogen-bond acceptors (Lipinski definition) is 2. The van der Waals surface area contributed by atoms with Gasteiger partial charge < -0.3 is 4.74 Å². The Morgan fingerprint density at radius 1 is 1.25 bits per heavy atom. The number of hydrogen-bond donors (Lipinski definition) is 0. The molecule has 1 aromatic carbocycles. The van der Waals surface area contributed by atoms with Gasteiger partial charge in [-0.1, -0.05) is 44.0 Å². The minimum Gasteiger partial charge on any atom is -0.481 e. The van der Waals surface area contributed by atoms with Gasteiger partial charge in [0.1, 0.15) is 5.82 Å². The summed E-state index contributed by atoms with van der Waals surface area (Å²) in [7, 11) is 1.55. The lowest BCUT2D eigenvalue weighted by atomic mass is 9.75. The van der Waals surface area contributed by atoms with Gasteiger partial charge in [-0.05, 0) is 36.0 Å². The maximum Gasteiger partial charge on any atom is 0.213 e. The van der Waals surface area contributed by atoms with Crippen molar-refractivity contribution in [1.82, 2.24) is 4.98 Å². The molecule has 0 bridgehead atoms. The quantitative estimate of drug-likeness (QED) is 0.681. The molecule has 126 valence electrons. The van der Waals surface area contributed by atoms with E-state index in [1.165, 1.54) is 30.2 Å². The zero-order valence-electron chi connectivity index (χ0n) is 14.4. The molecule has 0 radical (unpaired) electrons. The summed E-state index contributed by atoms with van der Waals surface area (Å²) in [5.41, 5.74) is 3.85. The molecular formula is C21H24FNO. The molecule has 0 unspecified atom stereocenters. The zero-order valence-corrected chi connectivity index (χ0v) is 14.4. The van der Waals surface area contributed by atoms with Crippen molar-refractivity contribution in [3.8, 4) is 17.0 Å². The molecule has 1 aliphatic rings. The van der Waals surface area contributed by atoms with Crippen LogP contribution in [-0.2, 0) is 11.8 Å². The van der Waals surface area contributed by atoms with E-state index in [0.717, 1.165) is 24.8 Å². The van der Waals surface area contributed by atoms with E-state index in [2.05, 4.69) is 36.7 Å². The van der Waals surface area contributed by atoms with Crippen LogP contribution in [0, 0.1) is 5.82 Å². The highest BCUT2D eigenvalue weighted by Gasteiger charge is 2.35. The van der Waals surface area contributed by atoms with Crippen molar-refractivity contribution >= 4 is 0 Å². The molecule has 3 heteroatoms. The summed E-state index contributed by atoms with van der Waals surface area (Å²) < 4.78 is 19.7. The lowest BCUT2D eigenvalue weighted by Crippen LogP contribution is -2.20. The third kappa shape index (κ3) is 2.83. The lowest BCUT2D eigenvalue weighted by Gasteiger charge is -2.29. The third-order valence-corrected chi connectivity index (χ3v) is 5.24. The van der Waals surface area contributed by atoms with Gasteiger partial charge in [0.2, 0.25) is 5.88 Å². The van der Waals surface area contributed by atoms with E-state index in [0.29, 0.717) is 11.4 Å². The fourth-order valence-corrected chi connectivity index (χ4v) is 3.78. The smallest absolute Gasteiger partial charge is 0.213 e. The fraction of sp³-hybridized carbons (Fsp3) is 0.381. The monoisotopic (exact) mass is 325 g/mol. The second-order valence-electron chi connectivity index (χ2n) is 6.51. The summed E-state index contributed by atoms with van der Waals surface area (Å²) in [6.07, 6.45) is 8.77. The van der Waals surface area contributed by atoms with E-state index in [-0.39, 0.29) is 11.2 Å². The van der Waals surface area contributed by atoms with Crippen molar-refractivity contribution in [2.75, 3.05) is 7.11 Å². The second-order valence-corrected chi connectivity index (χ2v) is 6.51. The first-order valence-electron chi connectivity index (χ1n) is 8.60. The summed E-state index contributed by atoms with van der Waals surface area (Å²) >= 11 is 0. The van der Waals surface area contributed by atoms with Crippen LogP contribution >= 0.6 is 0 Å². The second kappa shape index (κ2) is 6.76. The highest BCUT2D eigenvalue weighted by atomic mass is 19.1. The Kier molecular flexibility index (Phi) is 4.70. The van der Waals surface area contributed by atoms with Gasteiger partial charge in [-0.3, -0.25) is 0 Å². The molecule has 1 heterocycles. The predicted octanol–water partition coefficient (Wildman–Crippen LogP) is 5.46. The fourth-order valence-electron chi connectivity index (χ4n) is 3.78. The molecule has 3 rings (SSSR count). The Balaban J connectivity index is 2.23. The first-order valence-corrected chi connectivity index (χ1v) is 8.60. The molecule has 0 saturated heterocycles. The van der Waals surface area contributed by atoms with Gasteiger partial charge in [-0.2, -0.15) is 0 Å². The summed E-state index contributed by atoms with van der Waals surface area (Å²) in [4.78, 5) is 3.96. The molecule has 0 spiro atoms. The number of benzene rings is 1. The van der Waals surface area contributed by atoms with Gasteiger partial charge in [0.05, 0.1) is 13.3 Å². The van der Waals surface area contributed by atoms with Crippen LogP contribution in [0.1, 0.15) is 43.7 Å². The Hall–Kier alpha value is -2.16. The molecule has 0 atom stereocenters. The van der Waals surface area contributed by atoms with E-state index >= 15 is 0 Å². The summed E-state index contributed by atoms with van der Waals surface area (Å²) in [6, 6.07) is 8.03. The molecule has 0 N–H and O–H groups in total. The van der Waals surface area contributed by atoms with Crippen LogP contribution < -0.4 is 4.74 Å². The summed E-state index contributed by atoms with van der Waals surface area (Å²) in [6.45, 7) is 6.25. The van der Waals surface area contributed by atoms with Crippen LogP contribution in [0.25, 0.3) is 11.1 Å². The summed E-state index contributed by atoms with van der Waals surface area (Å²) in [5.74, 6) is 0.106. The Bertz CT molecular complexity index is 747. The van der Waals surface area contributed by atoms with Crippen molar-refractivity contribution in [2.24, 2.45) is 0 Å². The Labute approximate surface area is 143 Å². The highest BCUT2D eigenvalue weighted by Crippen LogP contribution is 2.46. The Morgan fingerprint density at radius 2 is 2.00 bits per heavy atom. The van der Waals surface area contributed by atoms with Gasteiger partial charge >= 0.3 is 0 Å². The normalized spacial score (nSPS) is 16.1. The van der Waals surface area contributed by atoms with Gasteiger partial charge in [0.25, 0.3) is 0 Å². The predicted molar refractivity (Wildman–Crippen MR) is 95.9 cm³/mol. The largest absolute Gasteiger partial charge is 0.481 e.